The van der Waals surface area contributed by atoms with E-state index < -0.39 is 11.7 Å². The number of carbonyl (C=O) groups is 1. The second-order valence-electron chi connectivity index (χ2n) is 3.84. The summed E-state index contributed by atoms with van der Waals surface area (Å²) in [6.45, 7) is 0. The summed E-state index contributed by atoms with van der Waals surface area (Å²) >= 11 is 9.11. The zero-order valence-corrected chi connectivity index (χ0v) is 12.5. The molecule has 102 valence electrons. The first-order valence-electron chi connectivity index (χ1n) is 5.61. The van der Waals surface area contributed by atoms with Gasteiger partial charge in [0.15, 0.2) is 0 Å². The predicted octanol–water partition coefficient (Wildman–Crippen LogP) is 4.01. The van der Waals surface area contributed by atoms with Crippen molar-refractivity contribution in [2.45, 2.75) is 0 Å². The smallest absolute Gasteiger partial charge is 0.267 e. The zero-order valence-electron chi connectivity index (χ0n) is 10.1. The molecule has 0 aliphatic heterocycles. The maximum Gasteiger partial charge on any atom is 0.272 e. The van der Waals surface area contributed by atoms with E-state index in [1.807, 2.05) is 0 Å². The second kappa shape index (κ2) is 6.63. The van der Waals surface area contributed by atoms with Crippen molar-refractivity contribution in [3.63, 3.8) is 0 Å². The van der Waals surface area contributed by atoms with Crippen LogP contribution >= 0.6 is 27.5 Å². The number of carbonyl (C=O) groups excluding carboxylic acids is 1. The summed E-state index contributed by atoms with van der Waals surface area (Å²) < 4.78 is 14.2. The summed E-state index contributed by atoms with van der Waals surface area (Å²) in [7, 11) is 0. The SMILES string of the molecule is O=C(NN=Cc1cc(Br)ccc1F)c1ccccc1Cl. The fourth-order valence-electron chi connectivity index (χ4n) is 1.48. The number of rotatable bonds is 3. The zero-order chi connectivity index (χ0) is 14.5. The summed E-state index contributed by atoms with van der Waals surface area (Å²) in [4.78, 5) is 11.8. The third-order valence-corrected chi connectivity index (χ3v) is 3.27. The van der Waals surface area contributed by atoms with Gasteiger partial charge in [-0.15, -0.1) is 0 Å². The topological polar surface area (TPSA) is 41.5 Å². The minimum atomic E-state index is -0.456. The molecule has 0 aliphatic carbocycles. The van der Waals surface area contributed by atoms with Crippen LogP contribution in [0.15, 0.2) is 52.0 Å². The molecule has 0 bridgehead atoms. The number of hydrazone groups is 1. The summed E-state index contributed by atoms with van der Waals surface area (Å²) in [5.41, 5.74) is 2.87. The fourth-order valence-corrected chi connectivity index (χ4v) is 2.08. The molecule has 0 aliphatic rings. The molecule has 1 N–H and O–H groups in total. The van der Waals surface area contributed by atoms with Gasteiger partial charge < -0.3 is 0 Å². The van der Waals surface area contributed by atoms with E-state index in [9.17, 15) is 9.18 Å². The summed E-state index contributed by atoms with van der Waals surface area (Å²) in [6, 6.07) is 11.0. The lowest BCUT2D eigenvalue weighted by Gasteiger charge is -2.02. The Morgan fingerprint density at radius 2 is 2.05 bits per heavy atom. The van der Waals surface area contributed by atoms with Crippen molar-refractivity contribution in [2.24, 2.45) is 5.10 Å². The number of nitrogens with zero attached hydrogens (tertiary/aromatic N) is 1. The first kappa shape index (κ1) is 14.7. The number of hydrogen-bond donors (Lipinski definition) is 1. The van der Waals surface area contributed by atoms with E-state index in [4.69, 9.17) is 11.6 Å². The number of nitrogens with one attached hydrogen (secondary N) is 1. The van der Waals surface area contributed by atoms with Crippen LogP contribution in [0.2, 0.25) is 5.02 Å². The first-order valence-corrected chi connectivity index (χ1v) is 6.78. The maximum atomic E-state index is 13.4. The van der Waals surface area contributed by atoms with Gasteiger partial charge in [0.1, 0.15) is 5.82 Å². The number of benzene rings is 2. The van der Waals surface area contributed by atoms with Crippen LogP contribution in [-0.4, -0.2) is 12.1 Å². The lowest BCUT2D eigenvalue weighted by molar-refractivity contribution is 0.0955. The van der Waals surface area contributed by atoms with Crippen molar-refractivity contribution in [1.29, 1.82) is 0 Å². The Morgan fingerprint density at radius 3 is 2.80 bits per heavy atom. The monoisotopic (exact) mass is 354 g/mol. The highest BCUT2D eigenvalue weighted by molar-refractivity contribution is 9.10. The first-order chi connectivity index (χ1) is 9.58. The van der Waals surface area contributed by atoms with Crippen molar-refractivity contribution < 1.29 is 9.18 Å². The summed E-state index contributed by atoms with van der Waals surface area (Å²) in [5, 5.41) is 4.04. The Bertz CT molecular complexity index is 676. The van der Waals surface area contributed by atoms with Crippen molar-refractivity contribution in [3.8, 4) is 0 Å². The minimum Gasteiger partial charge on any atom is -0.267 e. The Hall–Kier alpha value is -1.72. The van der Waals surface area contributed by atoms with Gasteiger partial charge in [-0.2, -0.15) is 5.10 Å². The van der Waals surface area contributed by atoms with Crippen molar-refractivity contribution >= 4 is 39.7 Å². The van der Waals surface area contributed by atoms with Crippen LogP contribution in [-0.2, 0) is 0 Å². The molecule has 3 nitrogen and oxygen atoms in total. The average Bonchev–Trinajstić information content (AvgIpc) is 2.43. The minimum absolute atomic E-state index is 0.263. The molecule has 0 fully saturated rings. The van der Waals surface area contributed by atoms with Crippen LogP contribution in [0.25, 0.3) is 0 Å². The van der Waals surface area contributed by atoms with E-state index in [2.05, 4.69) is 26.5 Å². The predicted molar refractivity (Wildman–Crippen MR) is 80.6 cm³/mol. The summed E-state index contributed by atoms with van der Waals surface area (Å²) in [5.74, 6) is -0.883. The molecule has 0 saturated heterocycles. The lowest BCUT2D eigenvalue weighted by atomic mass is 10.2. The summed E-state index contributed by atoms with van der Waals surface area (Å²) in [6.07, 6.45) is 1.23. The standard InChI is InChI=1S/C14H9BrClFN2O/c15-10-5-6-13(17)9(7-10)8-18-19-14(20)11-3-1-2-4-12(11)16/h1-8H,(H,19,20). The molecular formula is C14H9BrClFN2O. The average molecular weight is 356 g/mol. The van der Waals surface area contributed by atoms with E-state index in [0.29, 0.717) is 10.6 Å². The largest absolute Gasteiger partial charge is 0.272 e. The quantitative estimate of drug-likeness (QED) is 0.656. The Labute approximate surface area is 128 Å². The highest BCUT2D eigenvalue weighted by Gasteiger charge is 2.08. The Balaban J connectivity index is 2.09. The van der Waals surface area contributed by atoms with Crippen molar-refractivity contribution in [2.75, 3.05) is 0 Å². The van der Waals surface area contributed by atoms with Crippen molar-refractivity contribution in [1.82, 2.24) is 5.43 Å². The van der Waals surface area contributed by atoms with Gasteiger partial charge in [-0.3, -0.25) is 4.79 Å². The third-order valence-electron chi connectivity index (χ3n) is 2.45. The van der Waals surface area contributed by atoms with Gasteiger partial charge in [-0.25, -0.2) is 9.82 Å². The molecule has 0 saturated carbocycles. The Morgan fingerprint density at radius 1 is 1.30 bits per heavy atom. The molecule has 2 rings (SSSR count). The molecule has 2 aromatic rings. The molecule has 0 spiro atoms. The third kappa shape index (κ3) is 3.65. The van der Waals surface area contributed by atoms with E-state index in [1.165, 1.54) is 12.3 Å². The molecule has 6 heteroatoms. The molecule has 0 radical (unpaired) electrons. The van der Waals surface area contributed by atoms with Gasteiger partial charge in [0, 0.05) is 10.0 Å². The lowest BCUT2D eigenvalue weighted by Crippen LogP contribution is -2.18. The van der Waals surface area contributed by atoms with Crippen LogP contribution in [0.4, 0.5) is 4.39 Å². The molecule has 0 aromatic heterocycles. The van der Waals surface area contributed by atoms with E-state index in [0.717, 1.165) is 4.47 Å². The van der Waals surface area contributed by atoms with Crippen LogP contribution in [0, 0.1) is 5.82 Å². The van der Waals surface area contributed by atoms with Gasteiger partial charge in [-0.05, 0) is 30.3 Å². The normalized spacial score (nSPS) is 10.8. The van der Waals surface area contributed by atoms with Crippen LogP contribution < -0.4 is 5.43 Å². The highest BCUT2D eigenvalue weighted by Crippen LogP contribution is 2.15. The van der Waals surface area contributed by atoms with Gasteiger partial charge in [0.2, 0.25) is 0 Å². The van der Waals surface area contributed by atoms with E-state index in [1.54, 1.807) is 36.4 Å². The fraction of sp³-hybridized carbons (Fsp3) is 0. The number of amides is 1. The highest BCUT2D eigenvalue weighted by atomic mass is 79.9. The van der Waals surface area contributed by atoms with Crippen LogP contribution in [0.5, 0.6) is 0 Å². The van der Waals surface area contributed by atoms with Crippen LogP contribution in [0.3, 0.4) is 0 Å². The number of hydrogen-bond acceptors (Lipinski definition) is 2. The number of halogens is 3. The molecule has 2 aromatic carbocycles. The van der Waals surface area contributed by atoms with Gasteiger partial charge in [-0.1, -0.05) is 39.7 Å². The van der Waals surface area contributed by atoms with Crippen molar-refractivity contribution in [3.05, 3.63) is 68.9 Å². The second-order valence-corrected chi connectivity index (χ2v) is 5.17. The molecule has 20 heavy (non-hydrogen) atoms. The Kier molecular flexibility index (Phi) is 4.87. The van der Waals surface area contributed by atoms with E-state index >= 15 is 0 Å². The molecular weight excluding hydrogens is 347 g/mol. The van der Waals surface area contributed by atoms with E-state index in [-0.39, 0.29) is 5.56 Å². The van der Waals surface area contributed by atoms with Crippen LogP contribution in [0.1, 0.15) is 15.9 Å². The molecule has 0 unspecified atom stereocenters. The van der Waals surface area contributed by atoms with Gasteiger partial charge >= 0.3 is 0 Å². The van der Waals surface area contributed by atoms with Gasteiger partial charge in [0.25, 0.3) is 5.91 Å². The molecule has 1 amide bonds. The molecule has 0 heterocycles. The van der Waals surface area contributed by atoms with Gasteiger partial charge in [0.05, 0.1) is 16.8 Å². The molecule has 0 atom stereocenters. The maximum absolute atomic E-state index is 13.4.